The van der Waals surface area contributed by atoms with Crippen LogP contribution in [0.1, 0.15) is 25.0 Å². The zero-order chi connectivity index (χ0) is 12.3. The summed E-state index contributed by atoms with van der Waals surface area (Å²) in [5.41, 5.74) is 0.893. The molecule has 17 heavy (non-hydrogen) atoms. The van der Waals surface area contributed by atoms with Gasteiger partial charge in [0.15, 0.2) is 0 Å². The Labute approximate surface area is 107 Å². The van der Waals surface area contributed by atoms with Gasteiger partial charge in [-0.25, -0.2) is 9.97 Å². The van der Waals surface area contributed by atoms with E-state index < -0.39 is 0 Å². The first-order valence-electron chi connectivity index (χ1n) is 6.10. The molecule has 0 amide bonds. The lowest BCUT2D eigenvalue weighted by atomic mass is 10.0. The van der Waals surface area contributed by atoms with Crippen LogP contribution in [0.3, 0.4) is 0 Å². The van der Waals surface area contributed by atoms with Gasteiger partial charge in [-0.1, -0.05) is 6.42 Å². The Hall–Kier alpha value is -0.870. The number of piperidine rings is 1. The minimum absolute atomic E-state index is 0.310. The quantitative estimate of drug-likeness (QED) is 0.841. The smallest absolute Gasteiger partial charge is 0.224 e. The number of aryl methyl sites for hydroxylation is 1. The van der Waals surface area contributed by atoms with Gasteiger partial charge in [0.25, 0.3) is 0 Å². The van der Waals surface area contributed by atoms with Crippen LogP contribution in [-0.4, -0.2) is 41.0 Å². The number of aromatic nitrogens is 2. The van der Waals surface area contributed by atoms with Crippen LogP contribution in [0.5, 0.6) is 0 Å². The first-order valence-corrected chi connectivity index (χ1v) is 6.48. The third-order valence-electron chi connectivity index (χ3n) is 3.27. The second-order valence-corrected chi connectivity index (χ2v) is 5.01. The fraction of sp³-hybridized carbons (Fsp3) is 0.667. The molecule has 1 aromatic heterocycles. The van der Waals surface area contributed by atoms with Gasteiger partial charge < -0.3 is 10.2 Å². The Kier molecular flexibility index (Phi) is 4.18. The SMILES string of the molecule is Cc1cc(NCC2CCCCN2C)nc(Cl)n1. The van der Waals surface area contributed by atoms with E-state index in [2.05, 4.69) is 27.2 Å². The maximum Gasteiger partial charge on any atom is 0.224 e. The lowest BCUT2D eigenvalue weighted by Gasteiger charge is -2.32. The summed E-state index contributed by atoms with van der Waals surface area (Å²) in [5, 5.41) is 3.66. The van der Waals surface area contributed by atoms with Crippen LogP contribution in [0.2, 0.25) is 5.28 Å². The van der Waals surface area contributed by atoms with Crippen molar-refractivity contribution in [1.82, 2.24) is 14.9 Å². The lowest BCUT2D eigenvalue weighted by Crippen LogP contribution is -2.40. The number of anilines is 1. The molecule has 0 radical (unpaired) electrons. The van der Waals surface area contributed by atoms with Crippen LogP contribution < -0.4 is 5.32 Å². The molecule has 1 saturated heterocycles. The van der Waals surface area contributed by atoms with Gasteiger partial charge in [-0.2, -0.15) is 0 Å². The van der Waals surface area contributed by atoms with E-state index in [1.165, 1.54) is 25.8 Å². The molecule has 2 rings (SSSR count). The number of likely N-dealkylation sites (N-methyl/N-ethyl adjacent to an activating group) is 1. The molecule has 1 aliphatic rings. The highest BCUT2D eigenvalue weighted by atomic mass is 35.5. The topological polar surface area (TPSA) is 41.0 Å². The number of halogens is 1. The number of rotatable bonds is 3. The van der Waals surface area contributed by atoms with Gasteiger partial charge in [0.05, 0.1) is 0 Å². The largest absolute Gasteiger partial charge is 0.368 e. The molecule has 2 heterocycles. The zero-order valence-corrected chi connectivity index (χ0v) is 11.2. The van der Waals surface area contributed by atoms with E-state index in [4.69, 9.17) is 11.6 Å². The molecule has 0 aromatic carbocycles. The maximum absolute atomic E-state index is 5.83. The third kappa shape index (κ3) is 3.54. The fourth-order valence-corrected chi connectivity index (χ4v) is 2.47. The van der Waals surface area contributed by atoms with Crippen LogP contribution in [0.15, 0.2) is 6.07 Å². The molecular weight excluding hydrogens is 236 g/mol. The van der Waals surface area contributed by atoms with Gasteiger partial charge in [-0.3, -0.25) is 0 Å². The summed E-state index contributed by atoms with van der Waals surface area (Å²) in [6, 6.07) is 2.52. The summed E-state index contributed by atoms with van der Waals surface area (Å²) in [7, 11) is 2.18. The predicted octanol–water partition coefficient (Wildman–Crippen LogP) is 2.33. The van der Waals surface area contributed by atoms with E-state index in [1.807, 2.05) is 13.0 Å². The molecule has 5 heteroatoms. The summed E-state index contributed by atoms with van der Waals surface area (Å²) in [6.45, 7) is 4.03. The van der Waals surface area contributed by atoms with Crippen molar-refractivity contribution in [3.63, 3.8) is 0 Å². The molecule has 0 aliphatic carbocycles. The van der Waals surface area contributed by atoms with Gasteiger partial charge in [-0.05, 0) is 45.0 Å². The average Bonchev–Trinajstić information content (AvgIpc) is 2.27. The number of hydrogen-bond acceptors (Lipinski definition) is 4. The molecule has 0 bridgehead atoms. The van der Waals surface area contributed by atoms with Crippen molar-refractivity contribution in [2.75, 3.05) is 25.5 Å². The summed E-state index contributed by atoms with van der Waals surface area (Å²) >= 11 is 5.83. The first-order chi connectivity index (χ1) is 8.15. The maximum atomic E-state index is 5.83. The van der Waals surface area contributed by atoms with E-state index in [0.29, 0.717) is 11.3 Å². The first kappa shape index (κ1) is 12.6. The van der Waals surface area contributed by atoms with E-state index in [0.717, 1.165) is 18.1 Å². The minimum Gasteiger partial charge on any atom is -0.368 e. The Balaban J connectivity index is 1.92. The molecule has 0 spiro atoms. The van der Waals surface area contributed by atoms with E-state index in [-0.39, 0.29) is 0 Å². The molecule has 1 atom stereocenters. The van der Waals surface area contributed by atoms with Crippen LogP contribution in [0, 0.1) is 6.92 Å². The molecule has 1 aromatic rings. The van der Waals surface area contributed by atoms with Crippen molar-refractivity contribution in [2.24, 2.45) is 0 Å². The highest BCUT2D eigenvalue weighted by molar-refractivity contribution is 6.28. The standard InChI is InChI=1S/C12H19ClN4/c1-9-7-11(16-12(13)15-9)14-8-10-5-3-4-6-17(10)2/h7,10H,3-6,8H2,1-2H3,(H,14,15,16). The van der Waals surface area contributed by atoms with Gasteiger partial charge in [0.1, 0.15) is 5.82 Å². The summed E-state index contributed by atoms with van der Waals surface area (Å²) < 4.78 is 0. The Morgan fingerprint density at radius 2 is 2.29 bits per heavy atom. The normalized spacial score (nSPS) is 21.5. The third-order valence-corrected chi connectivity index (χ3v) is 3.44. The predicted molar refractivity (Wildman–Crippen MR) is 70.5 cm³/mol. The Morgan fingerprint density at radius 3 is 3.00 bits per heavy atom. The van der Waals surface area contributed by atoms with Gasteiger partial charge >= 0.3 is 0 Å². The van der Waals surface area contributed by atoms with Crippen molar-refractivity contribution in [3.05, 3.63) is 17.0 Å². The summed E-state index contributed by atoms with van der Waals surface area (Å²) in [4.78, 5) is 10.6. The lowest BCUT2D eigenvalue weighted by molar-refractivity contribution is 0.194. The molecule has 1 aliphatic heterocycles. The van der Waals surface area contributed by atoms with Crippen molar-refractivity contribution in [2.45, 2.75) is 32.2 Å². The molecule has 0 saturated carbocycles. The van der Waals surface area contributed by atoms with E-state index >= 15 is 0 Å². The highest BCUT2D eigenvalue weighted by Crippen LogP contribution is 2.16. The minimum atomic E-state index is 0.310. The van der Waals surface area contributed by atoms with Crippen LogP contribution >= 0.6 is 11.6 Å². The van der Waals surface area contributed by atoms with Crippen molar-refractivity contribution in [3.8, 4) is 0 Å². The summed E-state index contributed by atoms with van der Waals surface area (Å²) in [6.07, 6.45) is 3.88. The average molecular weight is 255 g/mol. The summed E-state index contributed by atoms with van der Waals surface area (Å²) in [5.74, 6) is 0.821. The second-order valence-electron chi connectivity index (χ2n) is 4.67. The number of likely N-dealkylation sites (tertiary alicyclic amines) is 1. The number of nitrogens with one attached hydrogen (secondary N) is 1. The molecule has 94 valence electrons. The van der Waals surface area contributed by atoms with Gasteiger partial charge in [-0.15, -0.1) is 0 Å². The highest BCUT2D eigenvalue weighted by Gasteiger charge is 2.18. The monoisotopic (exact) mass is 254 g/mol. The number of hydrogen-bond donors (Lipinski definition) is 1. The van der Waals surface area contributed by atoms with Crippen LogP contribution in [0.25, 0.3) is 0 Å². The molecule has 1 N–H and O–H groups in total. The Morgan fingerprint density at radius 1 is 1.47 bits per heavy atom. The van der Waals surface area contributed by atoms with Crippen molar-refractivity contribution < 1.29 is 0 Å². The van der Waals surface area contributed by atoms with Gasteiger partial charge in [0.2, 0.25) is 5.28 Å². The Bertz CT molecular complexity index is 363. The fourth-order valence-electron chi connectivity index (χ4n) is 2.25. The second kappa shape index (κ2) is 5.65. The van der Waals surface area contributed by atoms with Crippen LogP contribution in [-0.2, 0) is 0 Å². The zero-order valence-electron chi connectivity index (χ0n) is 10.4. The molecule has 4 nitrogen and oxygen atoms in total. The molecular formula is C12H19ClN4. The molecule has 1 fully saturated rings. The van der Waals surface area contributed by atoms with E-state index in [1.54, 1.807) is 0 Å². The van der Waals surface area contributed by atoms with E-state index in [9.17, 15) is 0 Å². The van der Waals surface area contributed by atoms with Crippen molar-refractivity contribution in [1.29, 1.82) is 0 Å². The van der Waals surface area contributed by atoms with Crippen LogP contribution in [0.4, 0.5) is 5.82 Å². The molecule has 1 unspecified atom stereocenters. The van der Waals surface area contributed by atoms with Crippen molar-refractivity contribution >= 4 is 17.4 Å². The number of nitrogens with zero attached hydrogens (tertiary/aromatic N) is 3. The van der Waals surface area contributed by atoms with Gasteiger partial charge in [0, 0.05) is 24.3 Å².